The van der Waals surface area contributed by atoms with Crippen LogP contribution in [0.5, 0.6) is 5.75 Å². The van der Waals surface area contributed by atoms with Gasteiger partial charge in [-0.05, 0) is 43.3 Å². The van der Waals surface area contributed by atoms with Crippen molar-refractivity contribution < 1.29 is 13.9 Å². The van der Waals surface area contributed by atoms with Gasteiger partial charge in [0.15, 0.2) is 5.58 Å². The van der Waals surface area contributed by atoms with Crippen LogP contribution in [0.15, 0.2) is 58.2 Å². The van der Waals surface area contributed by atoms with Gasteiger partial charge < -0.3 is 14.1 Å². The van der Waals surface area contributed by atoms with Gasteiger partial charge >= 0.3 is 0 Å². The summed E-state index contributed by atoms with van der Waals surface area (Å²) < 4.78 is 11.1. The number of anilines is 1. The fraction of sp³-hybridized carbons (Fsp3) is 0.250. The highest BCUT2D eigenvalue weighted by molar-refractivity contribution is 7.99. The number of nitriles is 1. The van der Waals surface area contributed by atoms with Gasteiger partial charge in [-0.1, -0.05) is 23.9 Å². The maximum absolute atomic E-state index is 12.7. The molecule has 6 nitrogen and oxygen atoms in total. The molecule has 0 aliphatic heterocycles. The normalized spacial score (nSPS) is 10.5. The van der Waals surface area contributed by atoms with Crippen LogP contribution in [0, 0.1) is 11.3 Å². The Morgan fingerprint density at radius 3 is 2.74 bits per heavy atom. The minimum atomic E-state index is -0.110. The zero-order valence-electron chi connectivity index (χ0n) is 14.9. The fourth-order valence-corrected chi connectivity index (χ4v) is 3.28. The van der Waals surface area contributed by atoms with Crippen LogP contribution in [-0.2, 0) is 4.79 Å². The smallest absolute Gasteiger partial charge is 0.257 e. The van der Waals surface area contributed by atoms with Crippen LogP contribution >= 0.6 is 11.8 Å². The van der Waals surface area contributed by atoms with E-state index in [-0.39, 0.29) is 18.1 Å². The third-order valence-corrected chi connectivity index (χ3v) is 4.61. The van der Waals surface area contributed by atoms with Crippen LogP contribution in [0.25, 0.3) is 11.1 Å². The molecule has 0 radical (unpaired) electrons. The lowest BCUT2D eigenvalue weighted by molar-refractivity contribution is -0.116. The van der Waals surface area contributed by atoms with Crippen LogP contribution in [0.1, 0.15) is 13.3 Å². The first-order valence-corrected chi connectivity index (χ1v) is 9.58. The number of oxazole rings is 1. The third kappa shape index (κ3) is 4.80. The van der Waals surface area contributed by atoms with Gasteiger partial charge in [0.25, 0.3) is 5.22 Å². The van der Waals surface area contributed by atoms with Crippen molar-refractivity contribution in [3.63, 3.8) is 0 Å². The summed E-state index contributed by atoms with van der Waals surface area (Å²) in [6.07, 6.45) is 0.256. The molecule has 7 heteroatoms. The van der Waals surface area contributed by atoms with E-state index >= 15 is 0 Å². The number of hydrogen-bond donors (Lipinski definition) is 0. The molecule has 0 atom stereocenters. The number of ether oxygens (including phenoxy) is 1. The molecule has 0 aliphatic rings. The van der Waals surface area contributed by atoms with Gasteiger partial charge in [0.2, 0.25) is 5.91 Å². The minimum absolute atomic E-state index is 0.110. The molecule has 1 heterocycles. The van der Waals surface area contributed by atoms with Crippen molar-refractivity contribution in [2.45, 2.75) is 18.6 Å². The number of para-hydroxylation sites is 2. The molecular weight excluding hydrogens is 362 g/mol. The molecule has 0 aliphatic carbocycles. The Hall–Kier alpha value is -2.98. The molecule has 1 aromatic heterocycles. The molecule has 0 saturated heterocycles. The number of hydrogen-bond acceptors (Lipinski definition) is 6. The summed E-state index contributed by atoms with van der Waals surface area (Å²) in [7, 11) is 0. The first-order valence-electron chi connectivity index (χ1n) is 8.60. The van der Waals surface area contributed by atoms with Gasteiger partial charge in [0, 0.05) is 12.2 Å². The van der Waals surface area contributed by atoms with E-state index < -0.39 is 0 Å². The molecular formula is C20H19N3O3S. The summed E-state index contributed by atoms with van der Waals surface area (Å²) in [5.74, 6) is 0.808. The highest BCUT2D eigenvalue weighted by atomic mass is 32.2. The maximum Gasteiger partial charge on any atom is 0.257 e. The molecule has 1 amide bonds. The van der Waals surface area contributed by atoms with Gasteiger partial charge in [-0.25, -0.2) is 4.98 Å². The van der Waals surface area contributed by atoms with Crippen molar-refractivity contribution in [1.29, 1.82) is 5.26 Å². The van der Waals surface area contributed by atoms with Crippen LogP contribution in [0.3, 0.4) is 0 Å². The van der Waals surface area contributed by atoms with E-state index in [4.69, 9.17) is 14.4 Å². The van der Waals surface area contributed by atoms with Crippen molar-refractivity contribution in [1.82, 2.24) is 4.98 Å². The Morgan fingerprint density at radius 1 is 1.26 bits per heavy atom. The average molecular weight is 381 g/mol. The zero-order valence-corrected chi connectivity index (χ0v) is 15.7. The Balaban J connectivity index is 1.69. The zero-order chi connectivity index (χ0) is 19.1. The molecule has 0 unspecified atom stereocenters. The van der Waals surface area contributed by atoms with E-state index in [1.807, 2.05) is 55.5 Å². The topological polar surface area (TPSA) is 79.4 Å². The lowest BCUT2D eigenvalue weighted by atomic mass is 10.2. The monoisotopic (exact) mass is 381 g/mol. The summed E-state index contributed by atoms with van der Waals surface area (Å²) in [6, 6.07) is 16.8. The van der Waals surface area contributed by atoms with Crippen molar-refractivity contribution in [3.05, 3.63) is 48.5 Å². The number of aromatic nitrogens is 1. The highest BCUT2D eigenvalue weighted by Crippen LogP contribution is 2.25. The number of rotatable bonds is 8. The van der Waals surface area contributed by atoms with Crippen LogP contribution in [-0.4, -0.2) is 29.8 Å². The van der Waals surface area contributed by atoms with Crippen molar-refractivity contribution in [2.75, 3.05) is 23.8 Å². The van der Waals surface area contributed by atoms with Gasteiger partial charge in [0.05, 0.1) is 24.8 Å². The molecule has 2 aromatic carbocycles. The fourth-order valence-electron chi connectivity index (χ4n) is 2.56. The largest absolute Gasteiger partial charge is 0.494 e. The SMILES string of the molecule is CCOc1ccc(N(CCC#N)C(=O)CSc2nc3ccccc3o2)cc1. The molecule has 0 spiro atoms. The lowest BCUT2D eigenvalue weighted by Gasteiger charge is -2.21. The molecule has 0 N–H and O–H groups in total. The number of carbonyl (C=O) groups is 1. The Kier molecular flexibility index (Phi) is 6.34. The molecule has 0 saturated carbocycles. The second kappa shape index (κ2) is 9.10. The van der Waals surface area contributed by atoms with Gasteiger partial charge in [-0.3, -0.25) is 4.79 Å². The predicted molar refractivity (Wildman–Crippen MR) is 105 cm³/mol. The molecule has 27 heavy (non-hydrogen) atoms. The van der Waals surface area contributed by atoms with Crippen LogP contribution in [0.4, 0.5) is 5.69 Å². The molecule has 0 fully saturated rings. The number of amides is 1. The van der Waals surface area contributed by atoms with E-state index in [2.05, 4.69) is 11.1 Å². The van der Waals surface area contributed by atoms with E-state index in [0.717, 1.165) is 17.0 Å². The number of fused-ring (bicyclic) bond motifs is 1. The van der Waals surface area contributed by atoms with Crippen molar-refractivity contribution in [2.24, 2.45) is 0 Å². The average Bonchev–Trinajstić information content (AvgIpc) is 3.11. The quantitative estimate of drug-likeness (QED) is 0.542. The first kappa shape index (κ1) is 18.8. The van der Waals surface area contributed by atoms with E-state index in [1.165, 1.54) is 11.8 Å². The number of nitrogens with zero attached hydrogens (tertiary/aromatic N) is 3. The van der Waals surface area contributed by atoms with Crippen LogP contribution in [0.2, 0.25) is 0 Å². The van der Waals surface area contributed by atoms with Gasteiger partial charge in [0.1, 0.15) is 11.3 Å². The third-order valence-electron chi connectivity index (χ3n) is 3.80. The summed E-state index contributed by atoms with van der Waals surface area (Å²) in [5, 5.41) is 9.36. The summed E-state index contributed by atoms with van der Waals surface area (Å²) in [4.78, 5) is 18.7. The molecule has 3 aromatic rings. The summed E-state index contributed by atoms with van der Waals surface area (Å²) >= 11 is 1.25. The minimum Gasteiger partial charge on any atom is -0.494 e. The van der Waals surface area contributed by atoms with E-state index in [9.17, 15) is 4.79 Å². The second-order valence-corrected chi connectivity index (χ2v) is 6.54. The maximum atomic E-state index is 12.7. The van der Waals surface area contributed by atoms with Gasteiger partial charge in [-0.15, -0.1) is 0 Å². The van der Waals surface area contributed by atoms with Crippen molar-refractivity contribution >= 4 is 34.5 Å². The molecule has 0 bridgehead atoms. The standard InChI is InChI=1S/C20H19N3O3S/c1-2-25-16-10-8-15(9-11-16)23(13-5-12-21)19(24)14-27-20-22-17-6-3-4-7-18(17)26-20/h3-4,6-11H,2,5,13-14H2,1H3. The first-order chi connectivity index (χ1) is 13.2. The van der Waals surface area contributed by atoms with Crippen molar-refractivity contribution in [3.8, 4) is 11.8 Å². The van der Waals surface area contributed by atoms with E-state index in [0.29, 0.717) is 24.0 Å². The van der Waals surface area contributed by atoms with Gasteiger partial charge in [-0.2, -0.15) is 5.26 Å². The lowest BCUT2D eigenvalue weighted by Crippen LogP contribution is -2.33. The highest BCUT2D eigenvalue weighted by Gasteiger charge is 2.17. The Labute approximate surface area is 161 Å². The Morgan fingerprint density at radius 2 is 2.04 bits per heavy atom. The summed E-state index contributed by atoms with van der Waals surface area (Å²) in [6.45, 7) is 2.83. The molecule has 3 rings (SSSR count). The Bertz CT molecular complexity index is 914. The molecule has 138 valence electrons. The number of thioether (sulfide) groups is 1. The number of benzene rings is 2. The number of carbonyl (C=O) groups excluding carboxylic acids is 1. The predicted octanol–water partition coefficient (Wildman–Crippen LogP) is 4.27. The summed E-state index contributed by atoms with van der Waals surface area (Å²) in [5.41, 5.74) is 2.19. The second-order valence-electron chi connectivity index (χ2n) is 5.62. The van der Waals surface area contributed by atoms with E-state index in [1.54, 1.807) is 4.90 Å². The van der Waals surface area contributed by atoms with Crippen LogP contribution < -0.4 is 9.64 Å².